The van der Waals surface area contributed by atoms with Crippen LogP contribution in [0.3, 0.4) is 0 Å². The molecule has 2 aromatic carbocycles. The first-order valence-electron chi connectivity index (χ1n) is 12.3. The fraction of sp³-hybridized carbons (Fsp3) is 0.321. The number of thiazole rings is 1. The Morgan fingerprint density at radius 3 is 2.70 bits per heavy atom. The third-order valence-corrected chi connectivity index (χ3v) is 8.61. The summed E-state index contributed by atoms with van der Waals surface area (Å²) in [6, 6.07) is 13.4. The van der Waals surface area contributed by atoms with Crippen LogP contribution in [0, 0.1) is 6.92 Å². The maximum absolute atomic E-state index is 13.6. The molecule has 1 aliphatic carbocycles. The Balaban J connectivity index is 1.40. The van der Waals surface area contributed by atoms with Gasteiger partial charge in [-0.05, 0) is 61.4 Å². The molecule has 1 aromatic heterocycles. The number of hydrogen-bond donors (Lipinski definition) is 0. The maximum Gasteiger partial charge on any atom is 0.267 e. The van der Waals surface area contributed by atoms with Crippen LogP contribution < -0.4 is 9.47 Å². The first kappa shape index (κ1) is 25.8. The summed E-state index contributed by atoms with van der Waals surface area (Å²) >= 11 is 9.17. The number of nitrogens with zero attached hydrogens (tertiary/aromatic N) is 3. The third-order valence-electron chi connectivity index (χ3n) is 6.40. The predicted octanol–water partition coefficient (Wildman–Crippen LogP) is 7.63. The van der Waals surface area contributed by atoms with Crippen LogP contribution in [0.15, 0.2) is 57.7 Å². The van der Waals surface area contributed by atoms with Crippen molar-refractivity contribution in [2.75, 3.05) is 7.11 Å². The number of aliphatic imine (C=N–C) groups is 1. The average Bonchev–Trinajstić information content (AvgIpc) is 3.46. The molecule has 192 valence electrons. The fourth-order valence-corrected chi connectivity index (χ4v) is 6.47. The monoisotopic (exact) mass is 553 g/mol. The summed E-state index contributed by atoms with van der Waals surface area (Å²) < 4.78 is 11.6. The van der Waals surface area contributed by atoms with E-state index in [2.05, 4.69) is 4.98 Å². The van der Waals surface area contributed by atoms with E-state index in [1.807, 2.05) is 65.7 Å². The van der Waals surface area contributed by atoms with E-state index >= 15 is 0 Å². The van der Waals surface area contributed by atoms with Crippen LogP contribution in [0.2, 0.25) is 5.02 Å². The Morgan fingerprint density at radius 1 is 1.16 bits per heavy atom. The lowest BCUT2D eigenvalue weighted by Gasteiger charge is -2.30. The summed E-state index contributed by atoms with van der Waals surface area (Å²) in [7, 11) is 1.61. The number of aryl methyl sites for hydroxylation is 1. The van der Waals surface area contributed by atoms with E-state index in [1.54, 1.807) is 7.11 Å². The van der Waals surface area contributed by atoms with Crippen LogP contribution in [0.4, 0.5) is 5.13 Å². The first-order chi connectivity index (χ1) is 18.0. The molecule has 0 N–H and O–H groups in total. The second kappa shape index (κ2) is 11.7. The number of methoxy groups -OCH3 is 1. The molecule has 2 heterocycles. The van der Waals surface area contributed by atoms with Crippen LogP contribution in [0.25, 0.3) is 6.08 Å². The van der Waals surface area contributed by atoms with Gasteiger partial charge in [-0.1, -0.05) is 55.1 Å². The number of benzene rings is 2. The number of aromatic nitrogens is 1. The smallest absolute Gasteiger partial charge is 0.267 e. The van der Waals surface area contributed by atoms with Gasteiger partial charge in [-0.2, -0.15) is 4.99 Å². The standard InChI is InChI=1S/C28H28ClN3O3S2/c1-18-17-36-27(30-18)31-28-32(21-9-4-3-5-10-21)26(33)25(37-28)15-19-12-13-23(24(14-19)34-2)35-16-20-8-6-7-11-22(20)29/h6-8,11-15,17,21H,3-5,9-10,16H2,1-2H3/b25-15-,31-28+. The van der Waals surface area contributed by atoms with Gasteiger partial charge in [-0.25, -0.2) is 4.98 Å². The molecule has 5 rings (SSSR count). The van der Waals surface area contributed by atoms with E-state index in [1.165, 1.54) is 29.5 Å². The molecule has 0 bridgehead atoms. The molecule has 6 nitrogen and oxygen atoms in total. The van der Waals surface area contributed by atoms with Gasteiger partial charge in [0, 0.05) is 22.0 Å². The molecule has 0 radical (unpaired) electrons. The number of carbonyl (C=O) groups is 1. The molecule has 0 spiro atoms. The molecule has 0 unspecified atom stereocenters. The topological polar surface area (TPSA) is 64.0 Å². The Kier molecular flexibility index (Phi) is 8.17. The van der Waals surface area contributed by atoms with Crippen molar-refractivity contribution in [3.8, 4) is 11.5 Å². The molecule has 1 saturated carbocycles. The lowest BCUT2D eigenvalue weighted by Crippen LogP contribution is -2.40. The second-order valence-corrected chi connectivity index (χ2v) is 11.3. The molecule has 1 amide bonds. The number of hydrogen-bond acceptors (Lipinski definition) is 7. The highest BCUT2D eigenvalue weighted by Gasteiger charge is 2.38. The van der Waals surface area contributed by atoms with E-state index < -0.39 is 0 Å². The Bertz CT molecular complexity index is 1350. The third kappa shape index (κ3) is 6.03. The van der Waals surface area contributed by atoms with Crippen molar-refractivity contribution in [1.29, 1.82) is 0 Å². The van der Waals surface area contributed by atoms with Gasteiger partial charge >= 0.3 is 0 Å². The van der Waals surface area contributed by atoms with Crippen molar-refractivity contribution < 1.29 is 14.3 Å². The van der Waals surface area contributed by atoms with Gasteiger partial charge in [-0.3, -0.25) is 9.69 Å². The van der Waals surface area contributed by atoms with Gasteiger partial charge in [-0.15, -0.1) is 11.3 Å². The van der Waals surface area contributed by atoms with Crippen LogP contribution in [-0.2, 0) is 11.4 Å². The average molecular weight is 554 g/mol. The van der Waals surface area contributed by atoms with Crippen LogP contribution >= 0.6 is 34.7 Å². The fourth-order valence-electron chi connectivity index (χ4n) is 4.52. The molecule has 3 aromatic rings. The van der Waals surface area contributed by atoms with Gasteiger partial charge < -0.3 is 9.47 Å². The van der Waals surface area contributed by atoms with E-state index in [0.717, 1.165) is 42.5 Å². The van der Waals surface area contributed by atoms with Crippen molar-refractivity contribution in [3.63, 3.8) is 0 Å². The van der Waals surface area contributed by atoms with E-state index in [-0.39, 0.29) is 11.9 Å². The number of amidine groups is 1. The van der Waals surface area contributed by atoms with Gasteiger partial charge in [0.05, 0.1) is 17.7 Å². The SMILES string of the molecule is COc1cc(/C=C2\S/C(=N/c3nc(C)cs3)N(C3CCCCC3)C2=O)ccc1OCc1ccccc1Cl. The second-order valence-electron chi connectivity index (χ2n) is 9.03. The molecule has 0 atom stereocenters. The summed E-state index contributed by atoms with van der Waals surface area (Å²) in [5.74, 6) is 1.20. The molecule has 2 aliphatic rings. The zero-order valence-corrected chi connectivity index (χ0v) is 23.2. The molecular formula is C28H28ClN3O3S2. The van der Waals surface area contributed by atoms with E-state index in [4.69, 9.17) is 26.1 Å². The van der Waals surface area contributed by atoms with Crippen molar-refractivity contribution in [2.24, 2.45) is 4.99 Å². The highest BCUT2D eigenvalue weighted by Crippen LogP contribution is 2.39. The minimum Gasteiger partial charge on any atom is -0.493 e. The van der Waals surface area contributed by atoms with Gasteiger partial charge in [0.2, 0.25) is 5.13 Å². The molecular weight excluding hydrogens is 526 g/mol. The highest BCUT2D eigenvalue weighted by molar-refractivity contribution is 8.18. The quantitative estimate of drug-likeness (QED) is 0.281. The lowest BCUT2D eigenvalue weighted by molar-refractivity contribution is -0.124. The molecule has 37 heavy (non-hydrogen) atoms. The molecule has 9 heteroatoms. The predicted molar refractivity (Wildman–Crippen MR) is 152 cm³/mol. The van der Waals surface area contributed by atoms with Crippen LogP contribution in [0.1, 0.15) is 48.9 Å². The summed E-state index contributed by atoms with van der Waals surface area (Å²) in [4.78, 5) is 25.4. The summed E-state index contributed by atoms with van der Waals surface area (Å²) in [5, 5.41) is 4.03. The van der Waals surface area contributed by atoms with Crippen molar-refractivity contribution >= 4 is 57.0 Å². The van der Waals surface area contributed by atoms with E-state index in [9.17, 15) is 4.79 Å². The minimum absolute atomic E-state index is 0.00180. The van der Waals surface area contributed by atoms with Crippen molar-refractivity contribution in [3.05, 3.63) is 74.6 Å². The lowest BCUT2D eigenvalue weighted by atomic mass is 9.94. The van der Waals surface area contributed by atoms with Crippen molar-refractivity contribution in [2.45, 2.75) is 51.7 Å². The summed E-state index contributed by atoms with van der Waals surface area (Å²) in [6.07, 6.45) is 7.39. The van der Waals surface area contributed by atoms with Gasteiger partial charge in [0.25, 0.3) is 5.91 Å². The first-order valence-corrected chi connectivity index (χ1v) is 14.4. The number of ether oxygens (including phenoxy) is 2. The summed E-state index contributed by atoms with van der Waals surface area (Å²) in [6.45, 7) is 2.28. The molecule has 1 saturated heterocycles. The molecule has 1 aliphatic heterocycles. The zero-order valence-electron chi connectivity index (χ0n) is 20.8. The number of halogens is 1. The van der Waals surface area contributed by atoms with Crippen LogP contribution in [-0.4, -0.2) is 34.1 Å². The molecule has 2 fully saturated rings. The van der Waals surface area contributed by atoms with E-state index in [0.29, 0.717) is 38.3 Å². The Morgan fingerprint density at radius 2 is 1.97 bits per heavy atom. The minimum atomic E-state index is 0.00180. The van der Waals surface area contributed by atoms with Gasteiger partial charge in [0.1, 0.15) is 6.61 Å². The highest BCUT2D eigenvalue weighted by atomic mass is 35.5. The zero-order chi connectivity index (χ0) is 25.8. The van der Waals surface area contributed by atoms with Crippen molar-refractivity contribution in [1.82, 2.24) is 9.88 Å². The maximum atomic E-state index is 13.6. The Hall–Kier alpha value is -2.81. The summed E-state index contributed by atoms with van der Waals surface area (Å²) in [5.41, 5.74) is 2.69. The number of thioether (sulfide) groups is 1. The number of carbonyl (C=O) groups excluding carboxylic acids is 1. The largest absolute Gasteiger partial charge is 0.493 e. The Labute approximate surface area is 230 Å². The van der Waals surface area contributed by atoms with Gasteiger partial charge in [0.15, 0.2) is 16.7 Å². The number of amides is 1. The van der Waals surface area contributed by atoms with Crippen LogP contribution in [0.5, 0.6) is 11.5 Å². The normalized spacial score (nSPS) is 18.7. The number of rotatable bonds is 7.